The molecule has 2 N–H and O–H groups in total. The quantitative estimate of drug-likeness (QED) is 0.466. The molecule has 0 unspecified atom stereocenters. The number of carbonyl (C=O) groups is 3. The minimum atomic E-state index is -1.25. The Morgan fingerprint density at radius 3 is 2.70 bits per heavy atom. The summed E-state index contributed by atoms with van der Waals surface area (Å²) in [6.07, 6.45) is 6.11. The predicted octanol–water partition coefficient (Wildman–Crippen LogP) is 4.61. The molecular formula is C33H36ClN3O6. The second kappa shape index (κ2) is 10.6. The van der Waals surface area contributed by atoms with Crippen molar-refractivity contribution in [1.82, 2.24) is 10.2 Å². The number of carbonyl (C=O) groups excluding carboxylic acids is 3. The maximum atomic E-state index is 14.4. The number of likely N-dealkylation sites (tertiary alicyclic amines) is 1. The number of hydrogen-bond acceptors (Lipinski definition) is 6. The summed E-state index contributed by atoms with van der Waals surface area (Å²) in [5.74, 6) is -0.494. The summed E-state index contributed by atoms with van der Waals surface area (Å²) in [5, 5.41) is 6.77. The first-order chi connectivity index (χ1) is 20.7. The Morgan fingerprint density at radius 1 is 1.07 bits per heavy atom. The lowest BCUT2D eigenvalue weighted by Crippen LogP contribution is -2.57. The van der Waals surface area contributed by atoms with Crippen LogP contribution in [0.2, 0.25) is 5.02 Å². The van der Waals surface area contributed by atoms with E-state index in [1.54, 1.807) is 17.0 Å². The van der Waals surface area contributed by atoms with Crippen molar-refractivity contribution in [2.24, 2.45) is 23.7 Å². The van der Waals surface area contributed by atoms with Crippen LogP contribution in [0, 0.1) is 30.6 Å². The van der Waals surface area contributed by atoms with E-state index in [1.807, 2.05) is 43.3 Å². The van der Waals surface area contributed by atoms with Gasteiger partial charge >= 0.3 is 0 Å². The Balaban J connectivity index is 1.21. The van der Waals surface area contributed by atoms with E-state index in [0.29, 0.717) is 34.0 Å². The lowest BCUT2D eigenvalue weighted by Gasteiger charge is -2.38. The fraction of sp³-hybridized carbons (Fsp3) is 0.485. The second-order valence-corrected chi connectivity index (χ2v) is 13.1. The molecule has 226 valence electrons. The zero-order chi connectivity index (χ0) is 30.0. The lowest BCUT2D eigenvalue weighted by molar-refractivity contribution is -0.142. The van der Waals surface area contributed by atoms with E-state index >= 15 is 0 Å². The molecule has 10 heteroatoms. The number of fused-ring (bicyclic) bond motifs is 2. The van der Waals surface area contributed by atoms with Crippen LogP contribution in [0.1, 0.15) is 44.2 Å². The third-order valence-electron chi connectivity index (χ3n) is 10.2. The van der Waals surface area contributed by atoms with Gasteiger partial charge in [0.25, 0.3) is 0 Å². The molecule has 2 saturated heterocycles. The third-order valence-corrected chi connectivity index (χ3v) is 10.6. The monoisotopic (exact) mass is 605 g/mol. The smallest absolute Gasteiger partial charge is 0.246 e. The molecule has 2 bridgehead atoms. The van der Waals surface area contributed by atoms with Gasteiger partial charge in [0.2, 0.25) is 24.5 Å². The number of nitrogens with one attached hydrogen (secondary N) is 2. The number of anilines is 1. The molecule has 2 aromatic rings. The summed E-state index contributed by atoms with van der Waals surface area (Å²) >= 11 is 6.31. The minimum Gasteiger partial charge on any atom is -0.454 e. The number of ether oxygens (including phenoxy) is 3. The molecule has 43 heavy (non-hydrogen) atoms. The first-order valence-corrected chi connectivity index (χ1v) is 15.5. The van der Waals surface area contributed by atoms with Gasteiger partial charge in [-0.1, -0.05) is 62.6 Å². The standard InChI is InChI=1S/C33H36ClN3O6/c1-17-5-4-6-23(19(17)3)36-31(39)29-33-12-11-25(43-33)27(30(38)35-21-9-7-18(2)22(34)14-21)28(33)32(40)37(29)15-20-8-10-24-26(13-20)42-16-41-24/h7-14,17,19,23,25,27-29H,4-6,15-16H2,1-3H3,(H,35,38)(H,36,39)/t17-,19+,23+,25+,27-,28+,29+,33+/m0/s1. The van der Waals surface area contributed by atoms with Crippen molar-refractivity contribution in [3.8, 4) is 11.5 Å². The van der Waals surface area contributed by atoms with Crippen LogP contribution in [0.3, 0.4) is 0 Å². The molecule has 5 aliphatic rings. The Kier molecular flexibility index (Phi) is 6.93. The number of benzene rings is 2. The topological polar surface area (TPSA) is 106 Å². The van der Waals surface area contributed by atoms with Crippen molar-refractivity contribution in [3.63, 3.8) is 0 Å². The third kappa shape index (κ3) is 4.59. The average Bonchev–Trinajstić information content (AvgIpc) is 3.74. The second-order valence-electron chi connectivity index (χ2n) is 12.7. The number of rotatable bonds is 6. The van der Waals surface area contributed by atoms with E-state index in [4.69, 9.17) is 25.8 Å². The highest BCUT2D eigenvalue weighted by atomic mass is 35.5. The van der Waals surface area contributed by atoms with Gasteiger partial charge in [-0.15, -0.1) is 0 Å². The van der Waals surface area contributed by atoms with Crippen LogP contribution < -0.4 is 20.1 Å². The highest BCUT2D eigenvalue weighted by Gasteiger charge is 2.72. The summed E-state index contributed by atoms with van der Waals surface area (Å²) in [7, 11) is 0. The maximum Gasteiger partial charge on any atom is 0.246 e. The molecule has 1 aliphatic carbocycles. The van der Waals surface area contributed by atoms with Gasteiger partial charge in [0.1, 0.15) is 11.6 Å². The molecule has 0 radical (unpaired) electrons. The SMILES string of the molecule is Cc1ccc(NC(=O)[C@H]2[C@H]3C=C[C@@]4(O3)[C@H]2C(=O)N(Cc2ccc3c(c2)OCO3)[C@@H]4C(=O)N[C@@H]2CCC[C@H](C)[C@H]2C)cc1Cl. The van der Waals surface area contributed by atoms with Crippen LogP contribution in [0.5, 0.6) is 11.5 Å². The Labute approximate surface area is 255 Å². The molecular weight excluding hydrogens is 570 g/mol. The van der Waals surface area contributed by atoms with Gasteiger partial charge in [0.15, 0.2) is 11.5 Å². The highest BCUT2D eigenvalue weighted by molar-refractivity contribution is 6.31. The fourth-order valence-electron chi connectivity index (χ4n) is 7.62. The van der Waals surface area contributed by atoms with Gasteiger partial charge in [-0.2, -0.15) is 0 Å². The number of hydrogen-bond donors (Lipinski definition) is 2. The van der Waals surface area contributed by atoms with Gasteiger partial charge in [0, 0.05) is 23.3 Å². The summed E-state index contributed by atoms with van der Waals surface area (Å²) in [4.78, 5) is 44.0. The Hall–Kier alpha value is -3.56. The zero-order valence-electron chi connectivity index (χ0n) is 24.5. The van der Waals surface area contributed by atoms with E-state index in [0.717, 1.165) is 30.4 Å². The molecule has 7 rings (SSSR count). The predicted molar refractivity (Wildman–Crippen MR) is 160 cm³/mol. The summed E-state index contributed by atoms with van der Waals surface area (Å²) in [5.41, 5.74) is 0.975. The number of nitrogens with zero attached hydrogens (tertiary/aromatic N) is 1. The molecule has 2 aromatic carbocycles. The first kappa shape index (κ1) is 28.2. The Bertz CT molecular complexity index is 1530. The maximum absolute atomic E-state index is 14.4. The van der Waals surface area contributed by atoms with E-state index in [1.165, 1.54) is 0 Å². The molecule has 0 aromatic heterocycles. The van der Waals surface area contributed by atoms with Gasteiger partial charge < -0.3 is 29.7 Å². The number of amides is 3. The summed E-state index contributed by atoms with van der Waals surface area (Å²) < 4.78 is 17.5. The van der Waals surface area contributed by atoms with Crippen LogP contribution in [0.25, 0.3) is 0 Å². The van der Waals surface area contributed by atoms with Gasteiger partial charge in [-0.25, -0.2) is 0 Å². The minimum absolute atomic E-state index is 0.00200. The van der Waals surface area contributed by atoms with Gasteiger partial charge in [0.05, 0.1) is 17.9 Å². The molecule has 9 nitrogen and oxygen atoms in total. The molecule has 3 fully saturated rings. The van der Waals surface area contributed by atoms with Gasteiger partial charge in [-0.3, -0.25) is 14.4 Å². The molecule has 1 spiro atoms. The normalized spacial score (nSPS) is 33.5. The zero-order valence-corrected chi connectivity index (χ0v) is 25.2. The van der Waals surface area contributed by atoms with Crippen LogP contribution >= 0.6 is 11.6 Å². The number of aryl methyl sites for hydroxylation is 1. The van der Waals surface area contributed by atoms with E-state index in [-0.39, 0.29) is 37.1 Å². The highest BCUT2D eigenvalue weighted by Crippen LogP contribution is 2.55. The first-order valence-electron chi connectivity index (χ1n) is 15.1. The number of halogens is 1. The average molecular weight is 606 g/mol. The van der Waals surface area contributed by atoms with Crippen LogP contribution in [0.4, 0.5) is 5.69 Å². The van der Waals surface area contributed by atoms with Crippen molar-refractivity contribution in [2.45, 2.75) is 70.4 Å². The van der Waals surface area contributed by atoms with Crippen LogP contribution in [-0.2, 0) is 25.7 Å². The van der Waals surface area contributed by atoms with Gasteiger partial charge in [-0.05, 0) is 60.6 Å². The van der Waals surface area contributed by atoms with Crippen molar-refractivity contribution in [3.05, 3.63) is 64.7 Å². The molecule has 4 heterocycles. The molecule has 8 atom stereocenters. The van der Waals surface area contributed by atoms with Crippen molar-refractivity contribution < 1.29 is 28.6 Å². The van der Waals surface area contributed by atoms with Crippen LogP contribution in [-0.4, -0.2) is 53.2 Å². The Morgan fingerprint density at radius 2 is 1.88 bits per heavy atom. The van der Waals surface area contributed by atoms with E-state index in [2.05, 4.69) is 24.5 Å². The molecule has 3 amide bonds. The fourth-order valence-corrected chi connectivity index (χ4v) is 7.80. The molecule has 1 saturated carbocycles. The van der Waals surface area contributed by atoms with Crippen molar-refractivity contribution >= 4 is 35.0 Å². The van der Waals surface area contributed by atoms with Crippen molar-refractivity contribution in [2.75, 3.05) is 12.1 Å². The van der Waals surface area contributed by atoms with E-state index in [9.17, 15) is 14.4 Å². The summed E-state index contributed by atoms with van der Waals surface area (Å²) in [6.45, 7) is 6.58. The van der Waals surface area contributed by atoms with Crippen molar-refractivity contribution in [1.29, 1.82) is 0 Å². The molecule has 4 aliphatic heterocycles. The lowest BCUT2D eigenvalue weighted by atomic mass is 9.73. The van der Waals surface area contributed by atoms with Crippen LogP contribution in [0.15, 0.2) is 48.6 Å². The summed E-state index contributed by atoms with van der Waals surface area (Å²) in [6, 6.07) is 9.88. The van der Waals surface area contributed by atoms with E-state index < -0.39 is 29.6 Å². The largest absolute Gasteiger partial charge is 0.454 e.